The van der Waals surface area contributed by atoms with Gasteiger partial charge in [0, 0.05) is 16.5 Å². The van der Waals surface area contributed by atoms with Crippen LogP contribution in [0.4, 0.5) is 45.5 Å². The first kappa shape index (κ1) is 37.6. The number of para-hydroxylation sites is 9. The highest BCUT2D eigenvalue weighted by Crippen LogP contribution is 2.77. The van der Waals surface area contributed by atoms with Gasteiger partial charge < -0.3 is 4.57 Å². The van der Waals surface area contributed by atoms with Crippen LogP contribution in [0.15, 0.2) is 237 Å². The molecule has 0 unspecified atom stereocenters. The number of anilines is 8. The molecule has 0 bridgehead atoms. The van der Waals surface area contributed by atoms with Crippen molar-refractivity contribution in [2.24, 2.45) is 0 Å². The van der Waals surface area contributed by atoms with Gasteiger partial charge in [-0.3, -0.25) is 0 Å². The molecule has 302 valence electrons. The number of hydrogen-bond donors (Lipinski definition) is 0. The molecule has 9 aromatic carbocycles. The number of rotatable bonds is 7. The Labute approximate surface area is 370 Å². The van der Waals surface area contributed by atoms with Crippen LogP contribution in [0.1, 0.15) is 0 Å². The maximum atomic E-state index is 2.64. The topological polar surface area (TPSA) is 17.9 Å². The first-order chi connectivity index (χ1) is 31.0. The van der Waals surface area contributed by atoms with E-state index in [2.05, 4.69) is 273 Å². The van der Waals surface area contributed by atoms with Gasteiger partial charge in [0.2, 0.25) is 15.1 Å². The lowest BCUT2D eigenvalue weighted by molar-refractivity contribution is 1.18. The predicted octanol–water partition coefficient (Wildman–Crippen LogP) is 15.0. The summed E-state index contributed by atoms with van der Waals surface area (Å²) in [5.41, 5.74) is 13.2. The van der Waals surface area contributed by atoms with Gasteiger partial charge in [-0.1, -0.05) is 115 Å². The second-order valence-electron chi connectivity index (χ2n) is 16.5. The maximum Gasteiger partial charge on any atom is 0.236 e. The van der Waals surface area contributed by atoms with Gasteiger partial charge in [-0.05, 0) is 121 Å². The molecule has 63 heavy (non-hydrogen) atoms. The first-order valence-electron chi connectivity index (χ1n) is 21.5. The van der Waals surface area contributed by atoms with Crippen LogP contribution < -0.4 is 29.3 Å². The van der Waals surface area contributed by atoms with Gasteiger partial charge in [0.1, 0.15) is 33.4 Å². The van der Waals surface area contributed by atoms with Crippen LogP contribution in [0.5, 0.6) is 0 Å². The average Bonchev–Trinajstić information content (AvgIpc) is 3.93. The molecule has 0 spiro atoms. The summed E-state index contributed by atoms with van der Waals surface area (Å²) in [6, 6.07) is 87.2. The van der Waals surface area contributed by atoms with Crippen molar-refractivity contribution in [3.05, 3.63) is 237 Å². The SMILES string of the molecule is C[P+]1(c2ccc3c(c2)c2cc([P+]4(C)N(c5ccccc5)c5ccccc5N4c4ccccc4)ccc2n3-c2ccccc2)N(c2ccccc2)c2ccccc2N1c1ccccc1. The number of fused-ring (bicyclic) bond motifs is 5. The van der Waals surface area contributed by atoms with E-state index in [-0.39, 0.29) is 0 Å². The van der Waals surface area contributed by atoms with Crippen LogP contribution in [0, 0.1) is 0 Å². The first-order valence-corrected chi connectivity index (χ1v) is 25.8. The zero-order valence-corrected chi connectivity index (χ0v) is 36.9. The third kappa shape index (κ3) is 5.64. The second-order valence-corrected chi connectivity index (χ2v) is 22.8. The number of hydrogen-bond acceptors (Lipinski definition) is 4. The highest BCUT2D eigenvalue weighted by molar-refractivity contribution is 7.86. The van der Waals surface area contributed by atoms with Crippen molar-refractivity contribution in [2.75, 3.05) is 32.0 Å². The largest absolute Gasteiger partial charge is 0.309 e. The highest BCUT2D eigenvalue weighted by atomic mass is 31.2. The molecule has 3 heterocycles. The summed E-state index contributed by atoms with van der Waals surface area (Å²) in [5.74, 6) is 0. The fourth-order valence-electron chi connectivity index (χ4n) is 10.2. The van der Waals surface area contributed by atoms with Gasteiger partial charge in [-0.15, -0.1) is 0 Å². The van der Waals surface area contributed by atoms with Crippen molar-refractivity contribution in [1.82, 2.24) is 4.57 Å². The van der Waals surface area contributed by atoms with E-state index in [1.54, 1.807) is 0 Å². The molecule has 0 N–H and O–H groups in total. The molecule has 10 aromatic rings. The third-order valence-electron chi connectivity index (χ3n) is 13.0. The van der Waals surface area contributed by atoms with Crippen molar-refractivity contribution >= 4 is 93.0 Å². The zero-order chi connectivity index (χ0) is 42.1. The lowest BCUT2D eigenvalue weighted by Gasteiger charge is -2.35. The van der Waals surface area contributed by atoms with Crippen LogP contribution in [0.2, 0.25) is 0 Å². The van der Waals surface area contributed by atoms with Gasteiger partial charge in [0.25, 0.3) is 0 Å². The number of nitrogens with zero attached hydrogens (tertiary/aromatic N) is 5. The Balaban J connectivity index is 1.14. The monoisotopic (exact) mass is 849 g/mol. The van der Waals surface area contributed by atoms with Gasteiger partial charge in [-0.25, -0.2) is 0 Å². The fraction of sp³-hybridized carbons (Fsp3) is 0.0357. The summed E-state index contributed by atoms with van der Waals surface area (Å²) in [6.07, 6.45) is 0. The van der Waals surface area contributed by atoms with E-state index in [1.165, 1.54) is 77.9 Å². The third-order valence-corrected chi connectivity index (χ3v) is 20.4. The van der Waals surface area contributed by atoms with Gasteiger partial charge >= 0.3 is 0 Å². The van der Waals surface area contributed by atoms with Crippen LogP contribution in [-0.4, -0.2) is 17.9 Å². The molecule has 1 aromatic heterocycles. The molecule has 0 atom stereocenters. The quantitative estimate of drug-likeness (QED) is 0.149. The standard InChI is InChI=1S/C56H45N5P2/c1-62(58(43-24-10-4-11-25-43)53-32-18-19-33-54(53)59(62)44-26-12-5-13-27-44)47-36-38-51-49(40-47)50-41-48(37-39-52(50)57(51)42-22-8-3-9-23-42)63(2)60(45-28-14-6-15-29-45)55-34-20-21-35-56(55)61(63)46-30-16-7-17-31-46/h3-41H,1-2H3/q+2. The van der Waals surface area contributed by atoms with E-state index in [4.69, 9.17) is 0 Å². The van der Waals surface area contributed by atoms with Gasteiger partial charge in [-0.2, -0.15) is 18.7 Å². The van der Waals surface area contributed by atoms with Gasteiger partial charge in [0.05, 0.1) is 47.1 Å². The summed E-state index contributed by atoms with van der Waals surface area (Å²) in [6.45, 7) is 4.99. The van der Waals surface area contributed by atoms with E-state index in [1.807, 2.05) is 0 Å². The summed E-state index contributed by atoms with van der Waals surface area (Å²) >= 11 is 0. The molecule has 0 fully saturated rings. The predicted molar refractivity (Wildman–Crippen MR) is 273 cm³/mol. The number of aromatic nitrogens is 1. The van der Waals surface area contributed by atoms with E-state index in [0.29, 0.717) is 0 Å². The molecule has 0 saturated heterocycles. The molecule has 2 aliphatic heterocycles. The van der Waals surface area contributed by atoms with Crippen LogP contribution in [0.3, 0.4) is 0 Å². The minimum Gasteiger partial charge on any atom is -0.309 e. The van der Waals surface area contributed by atoms with E-state index in [0.717, 1.165) is 5.69 Å². The van der Waals surface area contributed by atoms with Crippen LogP contribution in [0.25, 0.3) is 27.5 Å². The van der Waals surface area contributed by atoms with Crippen molar-refractivity contribution in [3.8, 4) is 5.69 Å². The van der Waals surface area contributed by atoms with Crippen molar-refractivity contribution in [1.29, 1.82) is 0 Å². The summed E-state index contributed by atoms with van der Waals surface area (Å²) in [4.78, 5) is 0. The zero-order valence-electron chi connectivity index (χ0n) is 35.1. The Kier molecular flexibility index (Phi) is 8.80. The minimum absolute atomic E-state index is 1.15. The fourth-order valence-corrected chi connectivity index (χ4v) is 17.7. The molecule has 0 radical (unpaired) electrons. The van der Waals surface area contributed by atoms with E-state index < -0.39 is 15.1 Å². The second kappa shape index (κ2) is 14.7. The van der Waals surface area contributed by atoms with Crippen molar-refractivity contribution in [3.63, 3.8) is 0 Å². The molecular formula is C56H45N5P2+2. The van der Waals surface area contributed by atoms with E-state index in [9.17, 15) is 0 Å². The molecule has 2 aliphatic rings. The molecule has 7 heteroatoms. The van der Waals surface area contributed by atoms with E-state index >= 15 is 0 Å². The number of benzene rings is 9. The average molecular weight is 850 g/mol. The molecule has 0 saturated carbocycles. The minimum atomic E-state index is -2.40. The summed E-state index contributed by atoms with van der Waals surface area (Å²) in [5, 5.41) is 5.10. The molecule has 12 rings (SSSR count). The normalized spacial score (nSPS) is 15.0. The Morgan fingerprint density at radius 2 is 0.524 bits per heavy atom. The maximum absolute atomic E-state index is 2.64. The van der Waals surface area contributed by atoms with Crippen LogP contribution >= 0.6 is 15.1 Å². The highest BCUT2D eigenvalue weighted by Gasteiger charge is 2.59. The Bertz CT molecular complexity index is 2950. The molecule has 5 nitrogen and oxygen atoms in total. The van der Waals surface area contributed by atoms with Crippen LogP contribution in [-0.2, 0) is 0 Å². The lowest BCUT2D eigenvalue weighted by atomic mass is 10.1. The van der Waals surface area contributed by atoms with Crippen molar-refractivity contribution in [2.45, 2.75) is 0 Å². The Morgan fingerprint density at radius 1 is 0.270 bits per heavy atom. The smallest absolute Gasteiger partial charge is 0.236 e. The molecular weight excluding hydrogens is 805 g/mol. The summed E-state index contributed by atoms with van der Waals surface area (Å²) < 4.78 is 13.0. The lowest BCUT2D eigenvalue weighted by Crippen LogP contribution is -2.32. The van der Waals surface area contributed by atoms with Crippen molar-refractivity contribution < 1.29 is 0 Å². The van der Waals surface area contributed by atoms with Gasteiger partial charge in [0.15, 0.2) is 0 Å². The molecule has 0 aliphatic carbocycles. The Hall–Kier alpha value is -7.16. The Morgan fingerprint density at radius 3 is 0.810 bits per heavy atom. The summed E-state index contributed by atoms with van der Waals surface area (Å²) in [7, 11) is -4.80. The molecule has 0 amide bonds.